The minimum absolute atomic E-state index is 0.103. The molecule has 0 unspecified atom stereocenters. The maximum atomic E-state index is 13.7. The molecule has 0 radical (unpaired) electrons. The van der Waals surface area contributed by atoms with Gasteiger partial charge in [0.15, 0.2) is 18.3 Å². The van der Waals surface area contributed by atoms with E-state index in [-0.39, 0.29) is 25.9 Å². The summed E-state index contributed by atoms with van der Waals surface area (Å²) in [5.41, 5.74) is 1.82. The van der Waals surface area contributed by atoms with Gasteiger partial charge < -0.3 is 14.8 Å². The van der Waals surface area contributed by atoms with Crippen LogP contribution in [0.2, 0.25) is 0 Å². The summed E-state index contributed by atoms with van der Waals surface area (Å²) >= 11 is 0. The van der Waals surface area contributed by atoms with E-state index in [2.05, 4.69) is 15.5 Å². The van der Waals surface area contributed by atoms with Gasteiger partial charge in [-0.15, -0.1) is 10.2 Å². The molecular formula is C18H15FN4O3. The first kappa shape index (κ1) is 16.2. The Morgan fingerprint density at radius 3 is 3.19 bits per heavy atom. The lowest BCUT2D eigenvalue weighted by Crippen LogP contribution is -2.21. The van der Waals surface area contributed by atoms with Crippen molar-refractivity contribution < 1.29 is 18.7 Å². The van der Waals surface area contributed by atoms with Gasteiger partial charge in [-0.3, -0.25) is 9.20 Å². The number of benzene rings is 1. The molecule has 1 aliphatic heterocycles. The average molecular weight is 354 g/mol. The largest absolute Gasteiger partial charge is 0.467 e. The lowest BCUT2D eigenvalue weighted by atomic mass is 10.1. The molecule has 1 aromatic carbocycles. The molecule has 8 heteroatoms. The zero-order valence-electron chi connectivity index (χ0n) is 13.7. The fourth-order valence-corrected chi connectivity index (χ4v) is 2.73. The van der Waals surface area contributed by atoms with E-state index in [4.69, 9.17) is 9.47 Å². The third-order valence-electron chi connectivity index (χ3n) is 3.92. The predicted octanol–water partition coefficient (Wildman–Crippen LogP) is 2.06. The molecule has 0 bridgehead atoms. The van der Waals surface area contributed by atoms with Crippen LogP contribution in [0.25, 0.3) is 11.7 Å². The first-order valence-corrected chi connectivity index (χ1v) is 7.98. The van der Waals surface area contributed by atoms with Gasteiger partial charge in [-0.2, -0.15) is 0 Å². The lowest BCUT2D eigenvalue weighted by Gasteiger charge is -2.19. The number of amides is 1. The van der Waals surface area contributed by atoms with Crippen molar-refractivity contribution in [3.05, 3.63) is 65.4 Å². The summed E-state index contributed by atoms with van der Waals surface area (Å²) in [5.74, 6) is 0.409. The second-order valence-corrected chi connectivity index (χ2v) is 5.69. The van der Waals surface area contributed by atoms with Gasteiger partial charge in [0.1, 0.15) is 11.6 Å². The van der Waals surface area contributed by atoms with Gasteiger partial charge >= 0.3 is 0 Å². The third-order valence-corrected chi connectivity index (χ3v) is 3.92. The molecule has 2 aromatic heterocycles. The summed E-state index contributed by atoms with van der Waals surface area (Å²) in [4.78, 5) is 12.1. The monoisotopic (exact) mass is 354 g/mol. The van der Waals surface area contributed by atoms with E-state index in [0.717, 1.165) is 0 Å². The first-order chi connectivity index (χ1) is 12.7. The summed E-state index contributed by atoms with van der Waals surface area (Å²) in [5, 5.41) is 10.8. The van der Waals surface area contributed by atoms with Gasteiger partial charge in [-0.25, -0.2) is 4.39 Å². The molecule has 3 heterocycles. The fourth-order valence-electron chi connectivity index (χ4n) is 2.73. The second-order valence-electron chi connectivity index (χ2n) is 5.69. The highest BCUT2D eigenvalue weighted by atomic mass is 19.1. The number of nitrogens with one attached hydrogen (secondary N) is 1. The van der Waals surface area contributed by atoms with Crippen LogP contribution in [-0.4, -0.2) is 27.3 Å². The number of carbonyl (C=O) groups is 1. The van der Waals surface area contributed by atoms with Crippen LogP contribution in [0.5, 0.6) is 5.75 Å². The Morgan fingerprint density at radius 1 is 1.35 bits per heavy atom. The molecular weight excluding hydrogens is 339 g/mol. The maximum Gasteiger partial charge on any atom is 0.244 e. The van der Waals surface area contributed by atoms with Crippen molar-refractivity contribution in [2.45, 2.75) is 13.2 Å². The Hall–Kier alpha value is -3.26. The number of pyridine rings is 1. The van der Waals surface area contributed by atoms with Gasteiger partial charge in [0.25, 0.3) is 0 Å². The summed E-state index contributed by atoms with van der Waals surface area (Å²) in [7, 11) is 0. The maximum absolute atomic E-state index is 13.7. The molecule has 0 aliphatic carbocycles. The minimum Gasteiger partial charge on any atom is -0.467 e. The molecule has 0 spiro atoms. The molecule has 4 rings (SSSR count). The van der Waals surface area contributed by atoms with Crippen LogP contribution < -0.4 is 10.1 Å². The number of carbonyl (C=O) groups excluding carboxylic acids is 1. The van der Waals surface area contributed by atoms with Crippen LogP contribution in [0.15, 0.2) is 42.6 Å². The zero-order valence-corrected chi connectivity index (χ0v) is 13.7. The van der Waals surface area contributed by atoms with E-state index < -0.39 is 5.82 Å². The highest BCUT2D eigenvalue weighted by molar-refractivity contribution is 5.92. The molecule has 26 heavy (non-hydrogen) atoms. The molecule has 0 saturated carbocycles. The van der Waals surface area contributed by atoms with Gasteiger partial charge in [-0.05, 0) is 30.3 Å². The Bertz CT molecular complexity index is 999. The quantitative estimate of drug-likeness (QED) is 0.726. The molecule has 3 aromatic rings. The Morgan fingerprint density at radius 2 is 2.27 bits per heavy atom. The molecule has 0 saturated heterocycles. The second kappa shape index (κ2) is 6.93. The van der Waals surface area contributed by atoms with E-state index in [1.165, 1.54) is 24.3 Å². The first-order valence-electron chi connectivity index (χ1n) is 7.98. The molecule has 7 nitrogen and oxygen atoms in total. The van der Waals surface area contributed by atoms with Crippen molar-refractivity contribution in [1.82, 2.24) is 19.9 Å². The summed E-state index contributed by atoms with van der Waals surface area (Å²) < 4.78 is 26.0. The predicted molar refractivity (Wildman–Crippen MR) is 90.6 cm³/mol. The van der Waals surface area contributed by atoms with Gasteiger partial charge in [0, 0.05) is 23.4 Å². The summed E-state index contributed by atoms with van der Waals surface area (Å²) in [6, 6.07) is 8.23. The van der Waals surface area contributed by atoms with Gasteiger partial charge in [-0.1, -0.05) is 6.07 Å². The van der Waals surface area contributed by atoms with E-state index >= 15 is 0 Å². The van der Waals surface area contributed by atoms with Crippen molar-refractivity contribution in [2.75, 3.05) is 6.79 Å². The van der Waals surface area contributed by atoms with E-state index in [1.807, 2.05) is 24.4 Å². The number of aromatic nitrogens is 3. The SMILES string of the molecule is O=C(/C=C/c1cc(F)cc2c1OCOC2)NCc1nnc2ccccn12. The van der Waals surface area contributed by atoms with Gasteiger partial charge in [0.2, 0.25) is 5.91 Å². The average Bonchev–Trinajstić information content (AvgIpc) is 3.07. The van der Waals surface area contributed by atoms with Crippen LogP contribution in [0, 0.1) is 5.82 Å². The van der Waals surface area contributed by atoms with E-state index in [0.29, 0.717) is 28.3 Å². The number of halogens is 1. The number of ether oxygens (including phenoxy) is 2. The van der Waals surface area contributed by atoms with Crippen LogP contribution in [-0.2, 0) is 22.7 Å². The van der Waals surface area contributed by atoms with E-state index in [1.54, 1.807) is 4.40 Å². The van der Waals surface area contributed by atoms with Crippen molar-refractivity contribution in [3.63, 3.8) is 0 Å². The van der Waals surface area contributed by atoms with Gasteiger partial charge in [0.05, 0.1) is 13.2 Å². The molecule has 132 valence electrons. The van der Waals surface area contributed by atoms with Crippen LogP contribution in [0.3, 0.4) is 0 Å². The Kier molecular flexibility index (Phi) is 4.32. The smallest absolute Gasteiger partial charge is 0.244 e. The number of hydrogen-bond acceptors (Lipinski definition) is 5. The normalized spacial score (nSPS) is 13.6. The highest BCUT2D eigenvalue weighted by Crippen LogP contribution is 2.30. The topological polar surface area (TPSA) is 77.8 Å². The van der Waals surface area contributed by atoms with Crippen molar-refractivity contribution in [1.29, 1.82) is 0 Å². The minimum atomic E-state index is -0.409. The number of fused-ring (bicyclic) bond motifs is 2. The molecule has 0 atom stereocenters. The number of hydrogen-bond donors (Lipinski definition) is 1. The highest BCUT2D eigenvalue weighted by Gasteiger charge is 2.15. The van der Waals surface area contributed by atoms with Crippen LogP contribution >= 0.6 is 0 Å². The van der Waals surface area contributed by atoms with Crippen LogP contribution in [0.1, 0.15) is 17.0 Å². The standard InChI is InChI=1S/C18H15FN4O3/c19-14-7-12(18-13(8-14)10-25-11-26-18)4-5-17(24)20-9-16-22-21-15-3-1-2-6-23(15)16/h1-8H,9-11H2,(H,20,24)/b5-4+. The number of nitrogens with zero attached hydrogens (tertiary/aromatic N) is 3. The Balaban J connectivity index is 1.46. The fraction of sp³-hybridized carbons (Fsp3) is 0.167. The zero-order chi connectivity index (χ0) is 17.9. The Labute approximate surface area is 148 Å². The molecule has 1 amide bonds. The summed E-state index contributed by atoms with van der Waals surface area (Å²) in [6.07, 6.45) is 4.67. The molecule has 0 fully saturated rings. The van der Waals surface area contributed by atoms with E-state index in [9.17, 15) is 9.18 Å². The molecule has 1 aliphatic rings. The van der Waals surface area contributed by atoms with Crippen molar-refractivity contribution in [3.8, 4) is 5.75 Å². The lowest BCUT2D eigenvalue weighted by molar-refractivity contribution is -0.116. The van der Waals surface area contributed by atoms with Crippen LogP contribution in [0.4, 0.5) is 4.39 Å². The van der Waals surface area contributed by atoms with Crippen molar-refractivity contribution in [2.24, 2.45) is 0 Å². The summed E-state index contributed by atoms with van der Waals surface area (Å²) in [6.45, 7) is 0.603. The number of rotatable bonds is 4. The third kappa shape index (κ3) is 3.27. The van der Waals surface area contributed by atoms with Crippen molar-refractivity contribution >= 4 is 17.6 Å². The molecule has 1 N–H and O–H groups in total.